The van der Waals surface area contributed by atoms with Gasteiger partial charge < -0.3 is 19.0 Å². The summed E-state index contributed by atoms with van der Waals surface area (Å²) in [4.78, 5) is 4.56. The van der Waals surface area contributed by atoms with E-state index >= 15 is 0 Å². The van der Waals surface area contributed by atoms with Crippen molar-refractivity contribution in [2.75, 3.05) is 14.2 Å². The third-order valence-electron chi connectivity index (χ3n) is 4.81. The number of ether oxygens (including phenoxy) is 2. The van der Waals surface area contributed by atoms with E-state index in [1.54, 1.807) is 25.3 Å². The fourth-order valence-electron chi connectivity index (χ4n) is 3.48. The Morgan fingerprint density at radius 2 is 1.54 bits per heavy atom. The van der Waals surface area contributed by atoms with Crippen LogP contribution in [-0.2, 0) is 0 Å². The number of oxazole rings is 1. The van der Waals surface area contributed by atoms with Crippen LogP contribution in [0.4, 0.5) is 0 Å². The number of aromatic hydroxyl groups is 1. The number of aromatic nitrogens is 1. The maximum atomic E-state index is 9.78. The number of benzene rings is 3. The van der Waals surface area contributed by atoms with E-state index in [0.29, 0.717) is 17.2 Å². The summed E-state index contributed by atoms with van der Waals surface area (Å²) in [5, 5.41) is 9.78. The molecular formula is C23H21NO4. The minimum atomic E-state index is 0.0786. The quantitative estimate of drug-likeness (QED) is 0.510. The van der Waals surface area contributed by atoms with Crippen LogP contribution >= 0.6 is 0 Å². The number of methoxy groups -OCH3 is 2. The van der Waals surface area contributed by atoms with Crippen molar-refractivity contribution < 1.29 is 19.0 Å². The number of rotatable bonds is 4. The molecule has 0 fully saturated rings. The molecule has 4 aromatic rings. The van der Waals surface area contributed by atoms with Gasteiger partial charge in [-0.3, -0.25) is 0 Å². The molecule has 0 aliphatic rings. The Morgan fingerprint density at radius 1 is 0.821 bits per heavy atom. The molecule has 142 valence electrons. The van der Waals surface area contributed by atoms with E-state index in [0.717, 1.165) is 39.1 Å². The lowest BCUT2D eigenvalue weighted by atomic mass is 9.99. The van der Waals surface area contributed by atoms with Crippen LogP contribution in [0.5, 0.6) is 17.2 Å². The van der Waals surface area contributed by atoms with E-state index in [1.165, 1.54) is 7.11 Å². The average Bonchev–Trinajstić information content (AvgIpc) is 3.11. The lowest BCUT2D eigenvalue weighted by Crippen LogP contribution is -1.92. The molecule has 0 bridgehead atoms. The van der Waals surface area contributed by atoms with Crippen molar-refractivity contribution in [1.82, 2.24) is 4.98 Å². The zero-order chi connectivity index (χ0) is 19.8. The molecule has 0 atom stereocenters. The predicted octanol–water partition coefficient (Wildman–Crippen LogP) is 5.50. The average molecular weight is 375 g/mol. The van der Waals surface area contributed by atoms with Gasteiger partial charge in [0.1, 0.15) is 11.3 Å². The van der Waals surface area contributed by atoms with Gasteiger partial charge in [0.2, 0.25) is 5.89 Å². The summed E-state index contributed by atoms with van der Waals surface area (Å²) >= 11 is 0. The first-order valence-corrected chi connectivity index (χ1v) is 8.93. The predicted molar refractivity (Wildman–Crippen MR) is 109 cm³/mol. The second kappa shape index (κ2) is 6.93. The van der Waals surface area contributed by atoms with Crippen LogP contribution in [0.3, 0.4) is 0 Å². The van der Waals surface area contributed by atoms with Gasteiger partial charge in [-0.2, -0.15) is 0 Å². The van der Waals surface area contributed by atoms with E-state index in [2.05, 4.69) is 17.1 Å². The lowest BCUT2D eigenvalue weighted by molar-refractivity contribution is 0.373. The van der Waals surface area contributed by atoms with E-state index in [1.807, 2.05) is 32.0 Å². The summed E-state index contributed by atoms with van der Waals surface area (Å²) in [6, 6.07) is 15.2. The van der Waals surface area contributed by atoms with Crippen LogP contribution in [0.2, 0.25) is 0 Å². The molecule has 0 aliphatic heterocycles. The number of aryl methyl sites for hydroxylation is 2. The highest BCUT2D eigenvalue weighted by atomic mass is 16.5. The number of nitrogens with zero attached hydrogens (tertiary/aromatic N) is 1. The number of hydrogen-bond acceptors (Lipinski definition) is 5. The molecule has 28 heavy (non-hydrogen) atoms. The SMILES string of the molecule is COc1cc(-c2nc3ccc(-c4cc(C)c(OC)c(C)c4)cc3o2)ccc1O. The molecule has 3 aromatic carbocycles. The Hall–Kier alpha value is -3.47. The monoisotopic (exact) mass is 375 g/mol. The normalized spacial score (nSPS) is 11.0. The number of fused-ring (bicyclic) bond motifs is 1. The van der Waals surface area contributed by atoms with Gasteiger partial charge in [-0.05, 0) is 78.6 Å². The minimum absolute atomic E-state index is 0.0786. The maximum absolute atomic E-state index is 9.78. The van der Waals surface area contributed by atoms with Gasteiger partial charge in [-0.1, -0.05) is 6.07 Å². The van der Waals surface area contributed by atoms with E-state index in [4.69, 9.17) is 13.9 Å². The highest BCUT2D eigenvalue weighted by Gasteiger charge is 2.13. The molecule has 0 radical (unpaired) electrons. The van der Waals surface area contributed by atoms with Crippen LogP contribution in [0.15, 0.2) is 52.9 Å². The van der Waals surface area contributed by atoms with Gasteiger partial charge in [0, 0.05) is 5.56 Å². The molecule has 1 heterocycles. The first-order chi connectivity index (χ1) is 13.5. The summed E-state index contributed by atoms with van der Waals surface area (Å²) in [5.41, 5.74) is 6.54. The van der Waals surface area contributed by atoms with Crippen LogP contribution in [0, 0.1) is 13.8 Å². The molecule has 5 nitrogen and oxygen atoms in total. The van der Waals surface area contributed by atoms with Gasteiger partial charge in [0.05, 0.1) is 14.2 Å². The fraction of sp³-hybridized carbons (Fsp3) is 0.174. The Labute approximate surface area is 163 Å². The van der Waals surface area contributed by atoms with E-state index < -0.39 is 0 Å². The van der Waals surface area contributed by atoms with Crippen molar-refractivity contribution in [2.45, 2.75) is 13.8 Å². The van der Waals surface area contributed by atoms with Crippen molar-refractivity contribution in [3.8, 4) is 39.8 Å². The van der Waals surface area contributed by atoms with Crippen LogP contribution < -0.4 is 9.47 Å². The molecule has 0 saturated carbocycles. The third-order valence-corrected chi connectivity index (χ3v) is 4.81. The highest BCUT2D eigenvalue weighted by molar-refractivity contribution is 5.83. The Morgan fingerprint density at radius 3 is 2.21 bits per heavy atom. The number of hydrogen-bond donors (Lipinski definition) is 1. The summed E-state index contributed by atoms with van der Waals surface area (Å²) in [6.07, 6.45) is 0. The van der Waals surface area contributed by atoms with Gasteiger partial charge >= 0.3 is 0 Å². The molecule has 5 heteroatoms. The zero-order valence-corrected chi connectivity index (χ0v) is 16.2. The van der Waals surface area contributed by atoms with Crippen LogP contribution in [0.25, 0.3) is 33.7 Å². The molecular weight excluding hydrogens is 354 g/mol. The lowest BCUT2D eigenvalue weighted by Gasteiger charge is -2.11. The van der Waals surface area contributed by atoms with Crippen LogP contribution in [-0.4, -0.2) is 24.3 Å². The summed E-state index contributed by atoms with van der Waals surface area (Å²) < 4.78 is 16.6. The molecule has 4 rings (SSSR count). The minimum Gasteiger partial charge on any atom is -0.504 e. The highest BCUT2D eigenvalue weighted by Crippen LogP contribution is 2.35. The second-order valence-electron chi connectivity index (χ2n) is 6.73. The fourth-order valence-corrected chi connectivity index (χ4v) is 3.48. The molecule has 1 aromatic heterocycles. The molecule has 1 N–H and O–H groups in total. The largest absolute Gasteiger partial charge is 0.504 e. The van der Waals surface area contributed by atoms with E-state index in [-0.39, 0.29) is 5.75 Å². The van der Waals surface area contributed by atoms with Crippen molar-refractivity contribution >= 4 is 11.1 Å². The molecule has 0 saturated heterocycles. The van der Waals surface area contributed by atoms with Crippen LogP contribution in [0.1, 0.15) is 11.1 Å². The topological polar surface area (TPSA) is 64.7 Å². The molecule has 0 spiro atoms. The van der Waals surface area contributed by atoms with Crippen molar-refractivity contribution in [2.24, 2.45) is 0 Å². The summed E-state index contributed by atoms with van der Waals surface area (Å²) in [5.74, 6) is 1.85. The van der Waals surface area contributed by atoms with Gasteiger partial charge in [0.15, 0.2) is 17.1 Å². The van der Waals surface area contributed by atoms with Crippen molar-refractivity contribution in [1.29, 1.82) is 0 Å². The zero-order valence-electron chi connectivity index (χ0n) is 16.2. The van der Waals surface area contributed by atoms with Crippen molar-refractivity contribution in [3.63, 3.8) is 0 Å². The first kappa shape index (κ1) is 17.9. The van der Waals surface area contributed by atoms with Crippen molar-refractivity contribution in [3.05, 3.63) is 59.7 Å². The Bertz CT molecular complexity index is 1150. The van der Waals surface area contributed by atoms with Gasteiger partial charge in [0.25, 0.3) is 0 Å². The van der Waals surface area contributed by atoms with Gasteiger partial charge in [-0.15, -0.1) is 0 Å². The molecule has 0 amide bonds. The summed E-state index contributed by atoms with van der Waals surface area (Å²) in [6.45, 7) is 4.08. The molecule has 0 unspecified atom stereocenters. The third kappa shape index (κ3) is 3.05. The van der Waals surface area contributed by atoms with Gasteiger partial charge in [-0.25, -0.2) is 4.98 Å². The second-order valence-corrected chi connectivity index (χ2v) is 6.73. The first-order valence-electron chi connectivity index (χ1n) is 8.93. The van der Waals surface area contributed by atoms with E-state index in [9.17, 15) is 5.11 Å². The maximum Gasteiger partial charge on any atom is 0.227 e. The number of phenolic OH excluding ortho intramolecular Hbond substituents is 1. The Kier molecular flexibility index (Phi) is 4.43. The standard InChI is InChI=1S/C23H21NO4/c1-13-9-17(10-14(2)22(13)27-4)15-5-7-18-20(11-15)28-23(24-18)16-6-8-19(25)21(12-16)26-3/h5-12,25H,1-4H3. The number of phenols is 1. The molecule has 0 aliphatic carbocycles. The Balaban J connectivity index is 1.77. The smallest absolute Gasteiger partial charge is 0.227 e. The summed E-state index contributed by atoms with van der Waals surface area (Å²) in [7, 11) is 3.20.